The van der Waals surface area contributed by atoms with E-state index in [0.717, 1.165) is 62.9 Å². The molecule has 6 aliphatic rings. The molecule has 1 saturated heterocycles. The van der Waals surface area contributed by atoms with Crippen molar-refractivity contribution in [2.75, 3.05) is 43.4 Å². The summed E-state index contributed by atoms with van der Waals surface area (Å²) in [5, 5.41) is 29.2. The van der Waals surface area contributed by atoms with Crippen LogP contribution in [0.1, 0.15) is 125 Å². The van der Waals surface area contributed by atoms with E-state index in [-0.39, 0.29) is 11.1 Å². The van der Waals surface area contributed by atoms with E-state index in [9.17, 15) is 9.90 Å². The number of benzene rings is 1. The lowest BCUT2D eigenvalue weighted by atomic mass is 9.35. The maximum Gasteiger partial charge on any atom is 0.355 e. The van der Waals surface area contributed by atoms with Gasteiger partial charge in [-0.05, 0) is 150 Å². The first-order valence-corrected chi connectivity index (χ1v) is 23.4. The van der Waals surface area contributed by atoms with Crippen LogP contribution in [0.2, 0.25) is 0 Å². The summed E-state index contributed by atoms with van der Waals surface area (Å²) >= 11 is 1.59. The van der Waals surface area contributed by atoms with Crippen LogP contribution < -0.4 is 10.2 Å². The second-order valence-electron chi connectivity index (χ2n) is 21.0. The van der Waals surface area contributed by atoms with Crippen LogP contribution in [0.3, 0.4) is 0 Å². The number of hydrogen-bond donors (Lipinski definition) is 2. The van der Waals surface area contributed by atoms with Gasteiger partial charge in [-0.3, -0.25) is 4.68 Å². The Morgan fingerprint density at radius 3 is 2.38 bits per heavy atom. The molecule has 0 spiro atoms. The standard InChI is InChI=1S/C48H61N9O2S/c1-32-34-14-12-20-55(42(34)54-53-41(32)52-44-50-37-15-8-9-16-38(37)60-44)39-18-17-35(40(51-39)43(58)59)36-24-49-56(33(36)2)31-48-28-45(3)25-46(4,29-48)27-47(26-45,30-48)19-13-23-57(5)21-10-6-7-11-22-57/h8-9,15-18,24H,6-7,10-14,19-23,25-31H2,1-5H3,(H-,50,52,53,58,59)/p+1. The number of carboxylic acids is 1. The van der Waals surface area contributed by atoms with Crippen molar-refractivity contribution in [2.24, 2.45) is 21.7 Å². The molecule has 4 aromatic heterocycles. The second kappa shape index (κ2) is 14.6. The Balaban J connectivity index is 0.893. The molecule has 60 heavy (non-hydrogen) atoms. The lowest BCUT2D eigenvalue weighted by molar-refractivity contribution is -0.909. The van der Waals surface area contributed by atoms with Gasteiger partial charge in [-0.25, -0.2) is 14.8 Å². The van der Waals surface area contributed by atoms with Crippen molar-refractivity contribution in [3.8, 4) is 11.1 Å². The quantitative estimate of drug-likeness (QED) is 0.125. The molecule has 316 valence electrons. The molecular weight excluding hydrogens is 767 g/mol. The zero-order valence-electron chi connectivity index (χ0n) is 36.3. The molecular formula is C48H62N9O2S+. The van der Waals surface area contributed by atoms with Crippen LogP contribution in [0.5, 0.6) is 0 Å². The Bertz CT molecular complexity index is 2410. The van der Waals surface area contributed by atoms with Gasteiger partial charge in [0.2, 0.25) is 0 Å². The number of pyridine rings is 1. The summed E-state index contributed by atoms with van der Waals surface area (Å²) in [5.74, 6) is 0.925. The van der Waals surface area contributed by atoms with Crippen LogP contribution in [0.15, 0.2) is 42.6 Å². The number of aromatic nitrogens is 6. The van der Waals surface area contributed by atoms with E-state index in [0.29, 0.717) is 40.0 Å². The fourth-order valence-electron chi connectivity index (χ4n) is 14.3. The maximum atomic E-state index is 13.0. The van der Waals surface area contributed by atoms with Crippen molar-refractivity contribution < 1.29 is 14.4 Å². The molecule has 4 bridgehead atoms. The highest BCUT2D eigenvalue weighted by molar-refractivity contribution is 7.22. The summed E-state index contributed by atoms with van der Waals surface area (Å²) in [5.41, 5.74) is 6.91. The summed E-state index contributed by atoms with van der Waals surface area (Å²) in [7, 11) is 2.52. The number of likely N-dealkylation sites (tertiary alicyclic amines) is 1. The van der Waals surface area contributed by atoms with Gasteiger partial charge in [0.25, 0.3) is 0 Å². The normalized spacial score (nSPS) is 28.2. The first-order chi connectivity index (χ1) is 28.7. The molecule has 0 radical (unpaired) electrons. The lowest BCUT2D eigenvalue weighted by Crippen LogP contribution is -2.60. The molecule has 1 aromatic carbocycles. The molecule has 6 heterocycles. The van der Waals surface area contributed by atoms with Crippen molar-refractivity contribution in [1.82, 2.24) is 29.9 Å². The van der Waals surface area contributed by atoms with Crippen LogP contribution in [0.25, 0.3) is 21.3 Å². The smallest absolute Gasteiger partial charge is 0.355 e. The van der Waals surface area contributed by atoms with E-state index in [4.69, 9.17) is 20.2 Å². The van der Waals surface area contributed by atoms with Gasteiger partial charge in [0.1, 0.15) is 5.82 Å². The predicted octanol–water partition coefficient (Wildman–Crippen LogP) is 10.7. The number of hydrogen-bond acceptors (Lipinski definition) is 9. The van der Waals surface area contributed by atoms with Gasteiger partial charge in [-0.2, -0.15) is 5.10 Å². The molecule has 11 rings (SSSR count). The minimum atomic E-state index is -1.05. The van der Waals surface area contributed by atoms with E-state index in [1.165, 1.54) is 101 Å². The van der Waals surface area contributed by atoms with E-state index in [1.54, 1.807) is 11.3 Å². The molecule has 2 aliphatic heterocycles. The van der Waals surface area contributed by atoms with E-state index in [1.807, 2.05) is 41.4 Å². The Morgan fingerprint density at radius 1 is 0.883 bits per heavy atom. The highest BCUT2D eigenvalue weighted by Crippen LogP contribution is 2.75. The minimum absolute atomic E-state index is 0.0376. The Kier molecular flexibility index (Phi) is 9.66. The third kappa shape index (κ3) is 7.19. The number of carbonyl (C=O) groups is 1. The van der Waals surface area contributed by atoms with Crippen molar-refractivity contribution in [2.45, 2.75) is 124 Å². The first kappa shape index (κ1) is 39.7. The third-order valence-electron chi connectivity index (χ3n) is 15.5. The second-order valence-corrected chi connectivity index (χ2v) is 22.0. The average molecular weight is 829 g/mol. The van der Waals surface area contributed by atoms with Crippen molar-refractivity contribution >= 4 is 50.1 Å². The largest absolute Gasteiger partial charge is 0.476 e. The molecule has 2 unspecified atom stereocenters. The Morgan fingerprint density at radius 2 is 1.63 bits per heavy atom. The zero-order chi connectivity index (χ0) is 41.5. The SMILES string of the molecule is Cc1c(Nc2nc3ccccc3s2)nnc2c1CCCN2c1ccc(-c2cnn(CC34CC5(C)CC(C)(CC(CCC[N+]6(C)CCCCCC6)(C5)C3)C4)c2C)c(C(=O)O)n1. The van der Waals surface area contributed by atoms with Crippen LogP contribution in [0, 0.1) is 35.5 Å². The Labute approximate surface area is 358 Å². The molecule has 11 nitrogen and oxygen atoms in total. The monoisotopic (exact) mass is 828 g/mol. The number of anilines is 4. The molecule has 5 fully saturated rings. The summed E-state index contributed by atoms with van der Waals surface area (Å²) < 4.78 is 4.59. The number of para-hydroxylation sites is 1. The number of thiazole rings is 1. The van der Waals surface area contributed by atoms with Crippen LogP contribution in [0.4, 0.5) is 22.6 Å². The molecule has 12 heteroatoms. The average Bonchev–Trinajstić information content (AvgIpc) is 3.69. The van der Waals surface area contributed by atoms with Crippen LogP contribution in [-0.2, 0) is 13.0 Å². The fourth-order valence-corrected chi connectivity index (χ4v) is 15.1. The predicted molar refractivity (Wildman–Crippen MR) is 239 cm³/mol. The van der Waals surface area contributed by atoms with Crippen molar-refractivity contribution in [3.05, 3.63) is 65.1 Å². The van der Waals surface area contributed by atoms with Gasteiger partial charge in [-0.1, -0.05) is 37.3 Å². The number of nitrogens with one attached hydrogen (secondary N) is 1. The number of fused-ring (bicyclic) bond motifs is 2. The number of carboxylic acid groups (broad SMARTS) is 1. The van der Waals surface area contributed by atoms with Gasteiger partial charge < -0.3 is 19.8 Å². The Hall–Kier alpha value is -4.42. The number of rotatable bonds is 11. The summed E-state index contributed by atoms with van der Waals surface area (Å²) in [6.07, 6.45) is 19.8. The fraction of sp³-hybridized carbons (Fsp3) is 0.583. The number of nitrogens with zero attached hydrogens (tertiary/aromatic N) is 8. The molecule has 0 amide bonds. The molecule has 2 atom stereocenters. The number of aromatic carboxylic acids is 1. The lowest BCUT2D eigenvalue weighted by Gasteiger charge is -2.70. The van der Waals surface area contributed by atoms with Gasteiger partial charge in [0.05, 0.1) is 43.1 Å². The summed E-state index contributed by atoms with van der Waals surface area (Å²) in [6, 6.07) is 11.9. The van der Waals surface area contributed by atoms with Gasteiger partial charge in [0.15, 0.2) is 22.5 Å². The van der Waals surface area contributed by atoms with Crippen molar-refractivity contribution in [3.63, 3.8) is 0 Å². The molecule has 4 saturated carbocycles. The molecule has 4 aliphatic carbocycles. The van der Waals surface area contributed by atoms with E-state index in [2.05, 4.69) is 55.9 Å². The summed E-state index contributed by atoms with van der Waals surface area (Å²) in [6.45, 7) is 15.0. The van der Waals surface area contributed by atoms with Crippen LogP contribution in [-0.4, -0.2) is 78.7 Å². The number of quaternary nitrogens is 1. The van der Waals surface area contributed by atoms with E-state index < -0.39 is 5.97 Å². The summed E-state index contributed by atoms with van der Waals surface area (Å²) in [4.78, 5) is 24.6. The first-order valence-electron chi connectivity index (χ1n) is 22.6. The molecule has 5 aromatic rings. The highest BCUT2D eigenvalue weighted by Gasteiger charge is 2.65. The minimum Gasteiger partial charge on any atom is -0.476 e. The highest BCUT2D eigenvalue weighted by atomic mass is 32.1. The van der Waals surface area contributed by atoms with E-state index >= 15 is 0 Å². The zero-order valence-corrected chi connectivity index (χ0v) is 37.1. The topological polar surface area (TPSA) is 122 Å². The van der Waals surface area contributed by atoms with Crippen LogP contribution >= 0.6 is 11.3 Å². The van der Waals surface area contributed by atoms with Gasteiger partial charge >= 0.3 is 5.97 Å². The third-order valence-corrected chi connectivity index (χ3v) is 16.5. The van der Waals surface area contributed by atoms with Gasteiger partial charge in [0, 0.05) is 41.0 Å². The van der Waals surface area contributed by atoms with Crippen molar-refractivity contribution in [1.29, 1.82) is 0 Å². The molecule has 2 N–H and O–H groups in total. The van der Waals surface area contributed by atoms with Gasteiger partial charge in [-0.15, -0.1) is 10.2 Å². The maximum absolute atomic E-state index is 13.0.